The summed E-state index contributed by atoms with van der Waals surface area (Å²) in [5.74, 6) is -0.159. The third-order valence-corrected chi connectivity index (χ3v) is 4.01. The Hall–Kier alpha value is -3.38. The summed E-state index contributed by atoms with van der Waals surface area (Å²) in [7, 11) is 0. The molecule has 0 atom stereocenters. The number of hydrogen-bond donors (Lipinski definition) is 1. The highest BCUT2D eigenvalue weighted by molar-refractivity contribution is 6.30. The van der Waals surface area contributed by atoms with E-state index in [4.69, 9.17) is 21.2 Å². The number of carbonyl (C=O) groups is 1. The molecule has 0 fully saturated rings. The Morgan fingerprint density at radius 3 is 2.69 bits per heavy atom. The van der Waals surface area contributed by atoms with Gasteiger partial charge >= 0.3 is 0 Å². The molecule has 0 aliphatic rings. The van der Waals surface area contributed by atoms with Crippen LogP contribution in [-0.2, 0) is 16.2 Å². The molecular weight excluding hydrogens is 395 g/mol. The molecule has 0 saturated heterocycles. The minimum Gasteiger partial charge on any atom is -0.488 e. The van der Waals surface area contributed by atoms with Gasteiger partial charge in [-0.1, -0.05) is 47.1 Å². The molecular formula is C22H18ClFN2O3. The summed E-state index contributed by atoms with van der Waals surface area (Å²) in [4.78, 5) is 16.9. The maximum atomic E-state index is 13.3. The van der Waals surface area contributed by atoms with Gasteiger partial charge in [-0.05, 0) is 48.0 Å². The van der Waals surface area contributed by atoms with Crippen molar-refractivity contribution in [2.45, 2.75) is 6.61 Å². The predicted molar refractivity (Wildman–Crippen MR) is 111 cm³/mol. The number of halogens is 2. The second-order valence-corrected chi connectivity index (χ2v) is 6.46. The van der Waals surface area contributed by atoms with Crippen LogP contribution in [0, 0.1) is 5.82 Å². The molecule has 3 aromatic rings. The van der Waals surface area contributed by atoms with Crippen LogP contribution in [0.2, 0.25) is 5.02 Å². The van der Waals surface area contributed by atoms with E-state index in [0.29, 0.717) is 27.6 Å². The number of ether oxygens (including phenoxy) is 1. The van der Waals surface area contributed by atoms with Gasteiger partial charge in [0.05, 0.1) is 6.21 Å². The van der Waals surface area contributed by atoms with Crippen LogP contribution in [0.15, 0.2) is 78.0 Å². The highest BCUT2D eigenvalue weighted by Gasteiger charge is 2.06. The number of rotatable bonds is 8. The molecule has 0 aliphatic carbocycles. The number of hydrogen-bond acceptors (Lipinski definition) is 4. The molecule has 3 aromatic carbocycles. The van der Waals surface area contributed by atoms with E-state index in [1.807, 2.05) is 18.2 Å². The summed E-state index contributed by atoms with van der Waals surface area (Å²) >= 11 is 6.04. The number of amides is 1. The molecule has 148 valence electrons. The van der Waals surface area contributed by atoms with E-state index in [0.717, 1.165) is 0 Å². The van der Waals surface area contributed by atoms with Gasteiger partial charge in [0.25, 0.3) is 5.91 Å². The molecule has 0 bridgehead atoms. The first-order chi connectivity index (χ1) is 14.1. The molecule has 0 radical (unpaired) electrons. The third-order valence-electron chi connectivity index (χ3n) is 3.77. The van der Waals surface area contributed by atoms with E-state index in [-0.39, 0.29) is 24.9 Å². The molecule has 0 aromatic heterocycles. The Bertz CT molecular complexity index is 996. The molecule has 29 heavy (non-hydrogen) atoms. The maximum absolute atomic E-state index is 13.3. The predicted octanol–water partition coefficient (Wildman–Crippen LogP) is 5.05. The van der Waals surface area contributed by atoms with Gasteiger partial charge in [0.2, 0.25) is 0 Å². The fourth-order valence-corrected chi connectivity index (χ4v) is 2.63. The molecule has 0 aliphatic heterocycles. The Morgan fingerprint density at radius 2 is 1.90 bits per heavy atom. The lowest BCUT2D eigenvalue weighted by molar-refractivity contribution is -0.120. The molecule has 1 amide bonds. The van der Waals surface area contributed by atoms with Crippen LogP contribution in [-0.4, -0.2) is 18.7 Å². The van der Waals surface area contributed by atoms with Crippen molar-refractivity contribution in [2.75, 3.05) is 11.9 Å². The Kier molecular flexibility index (Phi) is 7.19. The number of anilines is 1. The zero-order valence-electron chi connectivity index (χ0n) is 15.3. The Morgan fingerprint density at radius 1 is 1.07 bits per heavy atom. The monoisotopic (exact) mass is 412 g/mol. The summed E-state index contributed by atoms with van der Waals surface area (Å²) < 4.78 is 19.0. The molecule has 1 N–H and O–H groups in total. The standard InChI is InChI=1S/C22H18ClFN2O3/c23-18-9-10-21(28-14-16-5-4-6-19(24)11-16)17(12-18)13-25-29-15-22(27)26-20-7-2-1-3-8-20/h1-13H,14-15H2,(H,26,27)/b25-13+. The Labute approximate surface area is 172 Å². The minimum absolute atomic E-state index is 0.181. The van der Waals surface area contributed by atoms with Gasteiger partial charge in [0.1, 0.15) is 18.2 Å². The van der Waals surface area contributed by atoms with E-state index >= 15 is 0 Å². The lowest BCUT2D eigenvalue weighted by Gasteiger charge is -2.09. The van der Waals surface area contributed by atoms with Gasteiger partial charge in [-0.15, -0.1) is 0 Å². The summed E-state index contributed by atoms with van der Waals surface area (Å²) in [5, 5.41) is 6.99. The van der Waals surface area contributed by atoms with Gasteiger partial charge in [-0.2, -0.15) is 0 Å². The van der Waals surface area contributed by atoms with Crippen molar-refractivity contribution in [3.63, 3.8) is 0 Å². The quantitative estimate of drug-likeness (QED) is 0.416. The van der Waals surface area contributed by atoms with E-state index in [9.17, 15) is 9.18 Å². The maximum Gasteiger partial charge on any atom is 0.265 e. The minimum atomic E-state index is -0.331. The number of oxime groups is 1. The summed E-state index contributed by atoms with van der Waals surface area (Å²) in [5.41, 5.74) is 1.93. The van der Waals surface area contributed by atoms with Crippen molar-refractivity contribution < 1.29 is 18.8 Å². The van der Waals surface area contributed by atoms with Crippen LogP contribution in [0.4, 0.5) is 10.1 Å². The van der Waals surface area contributed by atoms with Gasteiger partial charge in [-0.3, -0.25) is 4.79 Å². The third kappa shape index (κ3) is 6.62. The fraction of sp³-hybridized carbons (Fsp3) is 0.0909. The number of carbonyl (C=O) groups excluding carboxylic acids is 1. The van der Waals surface area contributed by atoms with Crippen molar-refractivity contribution in [3.8, 4) is 5.75 Å². The zero-order chi connectivity index (χ0) is 20.5. The lowest BCUT2D eigenvalue weighted by atomic mass is 10.2. The van der Waals surface area contributed by atoms with Gasteiger partial charge in [0.15, 0.2) is 6.61 Å². The molecule has 0 heterocycles. The highest BCUT2D eigenvalue weighted by atomic mass is 35.5. The number of nitrogens with one attached hydrogen (secondary N) is 1. The smallest absolute Gasteiger partial charge is 0.265 e. The molecule has 0 saturated carbocycles. The zero-order valence-corrected chi connectivity index (χ0v) is 16.1. The topological polar surface area (TPSA) is 59.9 Å². The van der Waals surface area contributed by atoms with E-state index in [1.165, 1.54) is 18.3 Å². The first-order valence-electron chi connectivity index (χ1n) is 8.77. The second-order valence-electron chi connectivity index (χ2n) is 6.02. The lowest BCUT2D eigenvalue weighted by Crippen LogP contribution is -2.16. The van der Waals surface area contributed by atoms with Gasteiger partial charge in [-0.25, -0.2) is 4.39 Å². The van der Waals surface area contributed by atoms with Crippen LogP contribution < -0.4 is 10.1 Å². The average Bonchev–Trinajstić information content (AvgIpc) is 2.71. The van der Waals surface area contributed by atoms with Crippen LogP contribution in [0.25, 0.3) is 0 Å². The van der Waals surface area contributed by atoms with E-state index < -0.39 is 0 Å². The first-order valence-corrected chi connectivity index (χ1v) is 9.15. The SMILES string of the molecule is O=C(CO/N=C/c1cc(Cl)ccc1OCc1cccc(F)c1)Nc1ccccc1. The van der Waals surface area contributed by atoms with Crippen molar-refractivity contribution in [1.82, 2.24) is 0 Å². The van der Waals surface area contributed by atoms with Crippen LogP contribution >= 0.6 is 11.6 Å². The van der Waals surface area contributed by atoms with Crippen LogP contribution in [0.1, 0.15) is 11.1 Å². The fourth-order valence-electron chi connectivity index (χ4n) is 2.45. The van der Waals surface area contributed by atoms with Crippen LogP contribution in [0.3, 0.4) is 0 Å². The average molecular weight is 413 g/mol. The largest absolute Gasteiger partial charge is 0.488 e. The van der Waals surface area contributed by atoms with Crippen molar-refractivity contribution >= 4 is 29.4 Å². The highest BCUT2D eigenvalue weighted by Crippen LogP contribution is 2.22. The summed E-state index contributed by atoms with van der Waals surface area (Å²) in [6, 6.07) is 20.2. The summed E-state index contributed by atoms with van der Waals surface area (Å²) in [6.07, 6.45) is 1.41. The number of benzene rings is 3. The molecule has 5 nitrogen and oxygen atoms in total. The molecule has 0 spiro atoms. The number of para-hydroxylation sites is 1. The second kappa shape index (κ2) is 10.2. The van der Waals surface area contributed by atoms with Gasteiger partial charge < -0.3 is 14.9 Å². The molecule has 7 heteroatoms. The van der Waals surface area contributed by atoms with E-state index in [1.54, 1.807) is 42.5 Å². The van der Waals surface area contributed by atoms with Crippen molar-refractivity contribution in [2.24, 2.45) is 5.16 Å². The molecule has 0 unspecified atom stereocenters. The van der Waals surface area contributed by atoms with Crippen molar-refractivity contribution in [1.29, 1.82) is 0 Å². The van der Waals surface area contributed by atoms with Crippen LogP contribution in [0.5, 0.6) is 5.75 Å². The van der Waals surface area contributed by atoms with Crippen molar-refractivity contribution in [3.05, 3.63) is 94.8 Å². The first kappa shape index (κ1) is 20.4. The van der Waals surface area contributed by atoms with Gasteiger partial charge in [0, 0.05) is 16.3 Å². The molecule has 3 rings (SSSR count). The normalized spacial score (nSPS) is 10.7. The number of nitrogens with zero attached hydrogens (tertiary/aromatic N) is 1. The Balaban J connectivity index is 1.56. The summed E-state index contributed by atoms with van der Waals surface area (Å²) in [6.45, 7) is -0.0635. The van der Waals surface area contributed by atoms with E-state index in [2.05, 4.69) is 10.5 Å².